The largest absolute Gasteiger partial charge is 0.311 e. The summed E-state index contributed by atoms with van der Waals surface area (Å²) in [5.41, 5.74) is 4.22. The predicted molar refractivity (Wildman–Crippen MR) is 87.9 cm³/mol. The molecule has 0 aliphatic heterocycles. The molecule has 112 valence electrons. The molecule has 6 heteroatoms. The first-order valence-corrected chi connectivity index (χ1v) is 6.73. The summed E-state index contributed by atoms with van der Waals surface area (Å²) in [5.74, 6) is -0.138. The molecule has 2 rings (SSSR count). The van der Waals surface area contributed by atoms with Gasteiger partial charge in [0, 0.05) is 18.3 Å². The highest BCUT2D eigenvalue weighted by molar-refractivity contribution is 6.10. The molecule has 0 atom stereocenters. The van der Waals surface area contributed by atoms with E-state index in [4.69, 9.17) is 10.5 Å². The van der Waals surface area contributed by atoms with E-state index in [1.165, 1.54) is 0 Å². The lowest BCUT2D eigenvalue weighted by Crippen LogP contribution is -2.26. The van der Waals surface area contributed by atoms with Crippen molar-refractivity contribution in [1.82, 2.24) is 0 Å². The van der Waals surface area contributed by atoms with Crippen molar-refractivity contribution < 1.29 is 4.79 Å². The number of nitriles is 2. The number of amides is 1. The fraction of sp³-hybridized carbons (Fsp3) is 0.0588. The summed E-state index contributed by atoms with van der Waals surface area (Å²) in [4.78, 5) is 14.0. The van der Waals surface area contributed by atoms with Crippen LogP contribution in [0.3, 0.4) is 0 Å². The number of anilines is 2. The second kappa shape index (κ2) is 7.39. The Morgan fingerprint density at radius 1 is 1.04 bits per heavy atom. The fourth-order valence-corrected chi connectivity index (χ4v) is 1.85. The molecule has 1 amide bonds. The Morgan fingerprint density at radius 3 is 2.22 bits per heavy atom. The number of para-hydroxylation sites is 1. The number of carbonyl (C=O) groups excluding carboxylic acids is 1. The van der Waals surface area contributed by atoms with Gasteiger partial charge in [0.2, 0.25) is 5.71 Å². The average Bonchev–Trinajstić information content (AvgIpc) is 2.62. The zero-order valence-corrected chi connectivity index (χ0v) is 12.4. The van der Waals surface area contributed by atoms with E-state index < -0.39 is 0 Å². The van der Waals surface area contributed by atoms with E-state index in [0.717, 1.165) is 5.69 Å². The quantitative estimate of drug-likeness (QED) is 0.694. The summed E-state index contributed by atoms with van der Waals surface area (Å²) in [6, 6.07) is 19.2. The number of hydrazone groups is 1. The van der Waals surface area contributed by atoms with Crippen molar-refractivity contribution in [3.63, 3.8) is 0 Å². The first-order chi connectivity index (χ1) is 11.2. The lowest BCUT2D eigenvalue weighted by atomic mass is 10.1. The van der Waals surface area contributed by atoms with Crippen LogP contribution >= 0.6 is 0 Å². The molecule has 0 heterocycles. The second-order valence-electron chi connectivity index (χ2n) is 4.57. The van der Waals surface area contributed by atoms with Crippen LogP contribution in [-0.2, 0) is 0 Å². The van der Waals surface area contributed by atoms with Gasteiger partial charge in [-0.15, -0.1) is 0 Å². The SMILES string of the molecule is CN(C(=O)c1ccc(NN=C(C#N)C#N)cc1)c1ccccc1. The highest BCUT2D eigenvalue weighted by Crippen LogP contribution is 2.16. The van der Waals surface area contributed by atoms with Gasteiger partial charge >= 0.3 is 0 Å². The molecular weight excluding hydrogens is 290 g/mol. The lowest BCUT2D eigenvalue weighted by Gasteiger charge is -2.17. The molecule has 0 unspecified atom stereocenters. The van der Waals surface area contributed by atoms with Crippen molar-refractivity contribution in [2.45, 2.75) is 0 Å². The Kier molecular flexibility index (Phi) is 5.06. The monoisotopic (exact) mass is 303 g/mol. The maximum absolute atomic E-state index is 12.4. The van der Waals surface area contributed by atoms with Crippen LogP contribution in [0.4, 0.5) is 11.4 Å². The van der Waals surface area contributed by atoms with Crippen LogP contribution in [0.1, 0.15) is 10.4 Å². The van der Waals surface area contributed by atoms with Crippen molar-refractivity contribution in [2.24, 2.45) is 5.10 Å². The highest BCUT2D eigenvalue weighted by atomic mass is 16.2. The lowest BCUT2D eigenvalue weighted by molar-refractivity contribution is 0.0993. The Hall–Kier alpha value is -3.64. The van der Waals surface area contributed by atoms with Gasteiger partial charge in [-0.25, -0.2) is 0 Å². The van der Waals surface area contributed by atoms with E-state index in [1.54, 1.807) is 48.4 Å². The predicted octanol–water partition coefficient (Wildman–Crippen LogP) is 2.78. The van der Waals surface area contributed by atoms with Crippen LogP contribution in [-0.4, -0.2) is 18.7 Å². The third kappa shape index (κ3) is 3.93. The van der Waals surface area contributed by atoms with E-state index in [1.807, 2.05) is 30.3 Å². The molecule has 0 aliphatic carbocycles. The van der Waals surface area contributed by atoms with Gasteiger partial charge in [0.05, 0.1) is 5.69 Å². The summed E-state index contributed by atoms with van der Waals surface area (Å²) in [6.07, 6.45) is 0. The number of carbonyl (C=O) groups is 1. The van der Waals surface area contributed by atoms with Crippen LogP contribution in [0.25, 0.3) is 0 Å². The number of hydrogen-bond acceptors (Lipinski definition) is 5. The molecule has 0 spiro atoms. The molecule has 0 bridgehead atoms. The van der Waals surface area contributed by atoms with Gasteiger partial charge in [-0.1, -0.05) is 18.2 Å². The van der Waals surface area contributed by atoms with Crippen LogP contribution in [0.15, 0.2) is 59.7 Å². The van der Waals surface area contributed by atoms with Crippen molar-refractivity contribution >= 4 is 23.0 Å². The summed E-state index contributed by atoms with van der Waals surface area (Å²) in [6.45, 7) is 0. The minimum atomic E-state index is -0.269. The Bertz CT molecular complexity index is 782. The van der Waals surface area contributed by atoms with E-state index in [-0.39, 0.29) is 11.6 Å². The molecule has 0 fully saturated rings. The number of rotatable bonds is 4. The average molecular weight is 303 g/mol. The first kappa shape index (κ1) is 15.7. The molecule has 0 aromatic heterocycles. The van der Waals surface area contributed by atoms with Crippen molar-refractivity contribution in [3.8, 4) is 12.1 Å². The van der Waals surface area contributed by atoms with Crippen LogP contribution in [0, 0.1) is 22.7 Å². The standard InChI is InChI=1S/C17H13N5O/c1-22(16-5-3-2-4-6-16)17(23)13-7-9-14(10-8-13)20-21-15(11-18)12-19/h2-10,20H,1H3. The van der Waals surface area contributed by atoms with Gasteiger partial charge < -0.3 is 4.90 Å². The van der Waals surface area contributed by atoms with Crippen LogP contribution in [0.5, 0.6) is 0 Å². The van der Waals surface area contributed by atoms with Crippen LogP contribution in [0.2, 0.25) is 0 Å². The smallest absolute Gasteiger partial charge is 0.258 e. The van der Waals surface area contributed by atoms with Gasteiger partial charge in [0.1, 0.15) is 12.1 Å². The molecular formula is C17H13N5O. The summed E-state index contributed by atoms with van der Waals surface area (Å²) >= 11 is 0. The van der Waals surface area contributed by atoms with Gasteiger partial charge in [-0.3, -0.25) is 10.2 Å². The third-order valence-electron chi connectivity index (χ3n) is 3.09. The van der Waals surface area contributed by atoms with Crippen molar-refractivity contribution in [2.75, 3.05) is 17.4 Å². The zero-order chi connectivity index (χ0) is 16.7. The molecule has 2 aromatic carbocycles. The highest BCUT2D eigenvalue weighted by Gasteiger charge is 2.12. The summed E-state index contributed by atoms with van der Waals surface area (Å²) < 4.78 is 0. The van der Waals surface area contributed by atoms with E-state index in [2.05, 4.69) is 10.5 Å². The fourth-order valence-electron chi connectivity index (χ4n) is 1.85. The number of benzene rings is 2. The first-order valence-electron chi connectivity index (χ1n) is 6.73. The van der Waals surface area contributed by atoms with Crippen molar-refractivity contribution in [1.29, 1.82) is 10.5 Å². The van der Waals surface area contributed by atoms with E-state index in [9.17, 15) is 4.79 Å². The molecule has 0 radical (unpaired) electrons. The summed E-state index contributed by atoms with van der Waals surface area (Å²) in [5, 5.41) is 20.8. The van der Waals surface area contributed by atoms with Gasteiger partial charge in [-0.05, 0) is 36.4 Å². The van der Waals surface area contributed by atoms with Gasteiger partial charge in [0.25, 0.3) is 5.91 Å². The van der Waals surface area contributed by atoms with E-state index >= 15 is 0 Å². The number of nitrogens with zero attached hydrogens (tertiary/aromatic N) is 4. The summed E-state index contributed by atoms with van der Waals surface area (Å²) in [7, 11) is 1.71. The molecule has 0 aliphatic rings. The normalized spacial score (nSPS) is 9.17. The van der Waals surface area contributed by atoms with Crippen LogP contribution < -0.4 is 10.3 Å². The zero-order valence-electron chi connectivity index (χ0n) is 12.4. The molecule has 0 saturated carbocycles. The van der Waals surface area contributed by atoms with Gasteiger partial charge in [0.15, 0.2) is 0 Å². The third-order valence-corrected chi connectivity index (χ3v) is 3.09. The Balaban J connectivity index is 2.11. The van der Waals surface area contributed by atoms with Crippen molar-refractivity contribution in [3.05, 3.63) is 60.2 Å². The maximum Gasteiger partial charge on any atom is 0.258 e. The maximum atomic E-state index is 12.4. The van der Waals surface area contributed by atoms with Gasteiger partial charge in [-0.2, -0.15) is 15.6 Å². The number of nitrogens with one attached hydrogen (secondary N) is 1. The molecule has 2 aromatic rings. The molecule has 23 heavy (non-hydrogen) atoms. The minimum absolute atomic E-state index is 0.138. The minimum Gasteiger partial charge on any atom is -0.311 e. The Morgan fingerprint density at radius 2 is 1.65 bits per heavy atom. The van der Waals surface area contributed by atoms with E-state index in [0.29, 0.717) is 11.3 Å². The Labute approximate surface area is 133 Å². The molecule has 0 saturated heterocycles. The molecule has 1 N–H and O–H groups in total. The number of hydrogen-bond donors (Lipinski definition) is 1. The second-order valence-corrected chi connectivity index (χ2v) is 4.57. The topological polar surface area (TPSA) is 92.3 Å². The molecule has 6 nitrogen and oxygen atoms in total.